The van der Waals surface area contributed by atoms with Crippen molar-refractivity contribution in [1.82, 2.24) is 9.78 Å². The van der Waals surface area contributed by atoms with E-state index in [1.807, 2.05) is 17.9 Å². The average Bonchev–Trinajstić information content (AvgIpc) is 2.38. The van der Waals surface area contributed by atoms with E-state index in [4.69, 9.17) is 0 Å². The van der Waals surface area contributed by atoms with E-state index in [1.165, 1.54) is 5.69 Å². The summed E-state index contributed by atoms with van der Waals surface area (Å²) in [4.78, 5) is 0. The van der Waals surface area contributed by atoms with E-state index in [0.717, 1.165) is 6.42 Å². The Balaban J connectivity index is 2.27. The molecule has 0 aromatic carbocycles. The molecule has 1 unspecified atom stereocenters. The summed E-state index contributed by atoms with van der Waals surface area (Å²) in [5.74, 6) is 0.579. The SMILES string of the molecule is Cn1nccc1C1CC1(Br)Br. The van der Waals surface area contributed by atoms with Gasteiger partial charge in [-0.1, -0.05) is 31.9 Å². The Morgan fingerprint density at radius 1 is 1.73 bits per heavy atom. The van der Waals surface area contributed by atoms with Crippen molar-refractivity contribution in [2.45, 2.75) is 15.6 Å². The molecule has 0 aliphatic heterocycles. The van der Waals surface area contributed by atoms with E-state index < -0.39 is 0 Å². The summed E-state index contributed by atoms with van der Waals surface area (Å²) in [5, 5.41) is 4.12. The zero-order chi connectivity index (χ0) is 8.06. The molecule has 60 valence electrons. The predicted molar refractivity (Wildman–Crippen MR) is 51.2 cm³/mol. The number of aryl methyl sites for hydroxylation is 1. The van der Waals surface area contributed by atoms with Crippen molar-refractivity contribution in [3.8, 4) is 0 Å². The van der Waals surface area contributed by atoms with E-state index in [0.29, 0.717) is 5.92 Å². The zero-order valence-electron chi connectivity index (χ0n) is 6.09. The molecule has 2 rings (SSSR count). The van der Waals surface area contributed by atoms with Gasteiger partial charge in [-0.2, -0.15) is 5.10 Å². The Morgan fingerprint density at radius 3 is 2.73 bits per heavy atom. The topological polar surface area (TPSA) is 17.8 Å². The number of nitrogens with zero attached hydrogens (tertiary/aromatic N) is 2. The Bertz CT molecular complexity index is 280. The van der Waals surface area contributed by atoms with Crippen molar-refractivity contribution in [3.63, 3.8) is 0 Å². The van der Waals surface area contributed by atoms with Gasteiger partial charge in [0.1, 0.15) is 0 Å². The van der Waals surface area contributed by atoms with Crippen molar-refractivity contribution in [2.24, 2.45) is 7.05 Å². The van der Waals surface area contributed by atoms with E-state index in [9.17, 15) is 0 Å². The van der Waals surface area contributed by atoms with Crippen LogP contribution >= 0.6 is 31.9 Å². The van der Waals surface area contributed by atoms with Crippen LogP contribution in [0.25, 0.3) is 0 Å². The Labute approximate surface area is 82.2 Å². The van der Waals surface area contributed by atoms with Gasteiger partial charge in [0.2, 0.25) is 0 Å². The van der Waals surface area contributed by atoms with E-state index in [-0.39, 0.29) is 3.23 Å². The lowest BCUT2D eigenvalue weighted by Crippen LogP contribution is -1.98. The fraction of sp³-hybridized carbons (Fsp3) is 0.571. The molecule has 4 heteroatoms. The lowest BCUT2D eigenvalue weighted by Gasteiger charge is -2.00. The third kappa shape index (κ3) is 1.26. The van der Waals surface area contributed by atoms with Crippen LogP contribution in [0.3, 0.4) is 0 Å². The second-order valence-corrected chi connectivity index (χ2v) is 6.79. The van der Waals surface area contributed by atoms with Gasteiger partial charge in [-0.15, -0.1) is 0 Å². The highest BCUT2D eigenvalue weighted by Crippen LogP contribution is 2.61. The van der Waals surface area contributed by atoms with Gasteiger partial charge in [0.25, 0.3) is 0 Å². The largest absolute Gasteiger partial charge is 0.272 e. The number of rotatable bonds is 1. The number of alkyl halides is 2. The van der Waals surface area contributed by atoms with Crippen molar-refractivity contribution in [2.75, 3.05) is 0 Å². The fourth-order valence-electron chi connectivity index (χ4n) is 1.26. The van der Waals surface area contributed by atoms with Gasteiger partial charge in [0, 0.05) is 24.9 Å². The monoisotopic (exact) mass is 278 g/mol. The highest BCUT2D eigenvalue weighted by molar-refractivity contribution is 9.25. The quantitative estimate of drug-likeness (QED) is 0.722. The van der Waals surface area contributed by atoms with Crippen LogP contribution in [0.15, 0.2) is 12.3 Å². The fourth-order valence-corrected chi connectivity index (χ4v) is 2.38. The van der Waals surface area contributed by atoms with Crippen LogP contribution in [0.2, 0.25) is 0 Å². The van der Waals surface area contributed by atoms with Crippen LogP contribution in [0.1, 0.15) is 18.0 Å². The summed E-state index contributed by atoms with van der Waals surface area (Å²) in [6, 6.07) is 2.06. The minimum atomic E-state index is 0.147. The molecule has 1 heterocycles. The van der Waals surface area contributed by atoms with Crippen molar-refractivity contribution < 1.29 is 0 Å². The van der Waals surface area contributed by atoms with Crippen LogP contribution in [0.4, 0.5) is 0 Å². The number of hydrogen-bond donors (Lipinski definition) is 0. The molecule has 2 nitrogen and oxygen atoms in total. The molecule has 0 amide bonds. The molecular formula is C7H8Br2N2. The Morgan fingerprint density at radius 2 is 2.36 bits per heavy atom. The van der Waals surface area contributed by atoms with E-state index in [1.54, 1.807) is 0 Å². The van der Waals surface area contributed by atoms with Crippen molar-refractivity contribution in [1.29, 1.82) is 0 Å². The van der Waals surface area contributed by atoms with Gasteiger partial charge in [0.15, 0.2) is 0 Å². The third-order valence-electron chi connectivity index (χ3n) is 2.04. The lowest BCUT2D eigenvalue weighted by molar-refractivity contribution is 0.713. The van der Waals surface area contributed by atoms with Crippen molar-refractivity contribution >= 4 is 31.9 Å². The van der Waals surface area contributed by atoms with Gasteiger partial charge in [-0.05, 0) is 12.5 Å². The zero-order valence-corrected chi connectivity index (χ0v) is 9.26. The number of hydrogen-bond acceptors (Lipinski definition) is 1. The van der Waals surface area contributed by atoms with Crippen LogP contribution < -0.4 is 0 Å². The van der Waals surface area contributed by atoms with E-state index >= 15 is 0 Å². The maximum atomic E-state index is 4.12. The maximum absolute atomic E-state index is 4.12. The smallest absolute Gasteiger partial charge is 0.0896 e. The molecule has 0 radical (unpaired) electrons. The first kappa shape index (κ1) is 7.80. The Hall–Kier alpha value is 0.170. The summed E-state index contributed by atoms with van der Waals surface area (Å²) in [6.45, 7) is 0. The first-order valence-electron chi connectivity index (χ1n) is 3.47. The van der Waals surface area contributed by atoms with Gasteiger partial charge < -0.3 is 0 Å². The number of aromatic nitrogens is 2. The minimum absolute atomic E-state index is 0.147. The molecule has 11 heavy (non-hydrogen) atoms. The standard InChI is InChI=1S/C7H8Br2N2/c1-11-6(2-3-10-11)5-4-7(5,8)9/h2-3,5H,4H2,1H3. The molecule has 1 fully saturated rings. The summed E-state index contributed by atoms with van der Waals surface area (Å²) in [7, 11) is 1.98. The summed E-state index contributed by atoms with van der Waals surface area (Å²) in [6.07, 6.45) is 2.98. The molecular weight excluding hydrogens is 272 g/mol. The third-order valence-corrected chi connectivity index (χ3v) is 3.79. The first-order chi connectivity index (χ1) is 5.11. The number of halogens is 2. The molecule has 0 N–H and O–H groups in total. The lowest BCUT2D eigenvalue weighted by atomic mass is 10.3. The summed E-state index contributed by atoms with van der Waals surface area (Å²) < 4.78 is 2.07. The molecule has 1 aromatic heterocycles. The van der Waals surface area contributed by atoms with Crippen LogP contribution in [-0.4, -0.2) is 13.0 Å². The normalized spacial score (nSPS) is 27.0. The molecule has 1 aliphatic carbocycles. The first-order valence-corrected chi connectivity index (χ1v) is 5.05. The van der Waals surface area contributed by atoms with Gasteiger partial charge in [-0.3, -0.25) is 4.68 Å². The predicted octanol–water partition coefficient (Wildman–Crippen LogP) is 2.39. The summed E-state index contributed by atoms with van der Waals surface area (Å²) in [5.41, 5.74) is 1.29. The van der Waals surface area contributed by atoms with Gasteiger partial charge >= 0.3 is 0 Å². The second-order valence-electron chi connectivity index (χ2n) is 2.90. The molecule has 1 atom stereocenters. The molecule has 0 bridgehead atoms. The van der Waals surface area contributed by atoms with Crippen LogP contribution in [0.5, 0.6) is 0 Å². The average molecular weight is 280 g/mol. The minimum Gasteiger partial charge on any atom is -0.272 e. The Kier molecular flexibility index (Phi) is 1.65. The maximum Gasteiger partial charge on any atom is 0.0896 e. The molecule has 1 aromatic rings. The van der Waals surface area contributed by atoms with E-state index in [2.05, 4.69) is 43.0 Å². The molecule has 1 saturated carbocycles. The highest BCUT2D eigenvalue weighted by Gasteiger charge is 2.52. The molecule has 1 aliphatic rings. The van der Waals surface area contributed by atoms with Crippen LogP contribution in [0, 0.1) is 0 Å². The van der Waals surface area contributed by atoms with Gasteiger partial charge in [0.05, 0.1) is 3.23 Å². The second kappa shape index (κ2) is 2.33. The van der Waals surface area contributed by atoms with Gasteiger partial charge in [-0.25, -0.2) is 0 Å². The molecule has 0 spiro atoms. The highest BCUT2D eigenvalue weighted by atomic mass is 79.9. The summed E-state index contributed by atoms with van der Waals surface area (Å²) >= 11 is 7.17. The van der Waals surface area contributed by atoms with Crippen molar-refractivity contribution in [3.05, 3.63) is 18.0 Å². The van der Waals surface area contributed by atoms with Crippen LogP contribution in [-0.2, 0) is 7.05 Å². The molecule has 0 saturated heterocycles.